The first-order chi connectivity index (χ1) is 12.7. The Kier molecular flexibility index (Phi) is 4.09. The number of hydrogen-bond donors (Lipinski definition) is 2. The minimum absolute atomic E-state index is 0.0855. The highest BCUT2D eigenvalue weighted by Gasteiger charge is 2.23. The normalized spacial score (nSPS) is 17.5. The Balaban J connectivity index is 1.64. The fraction of sp³-hybridized carbons (Fsp3) is 0.136. The SMILES string of the molecule is COc1cc(/C=C2/CC/C(=C\c3c[nH]c4ccccc34)C2=O)ccc1O. The van der Waals surface area contributed by atoms with Crippen LogP contribution in [0.3, 0.4) is 0 Å². The average Bonchev–Trinajstić information content (AvgIpc) is 3.22. The number of Topliss-reactive ketones (excluding diaryl/α,β-unsaturated/α-hetero) is 1. The number of aromatic amines is 1. The van der Waals surface area contributed by atoms with Crippen molar-refractivity contribution in [3.63, 3.8) is 0 Å². The van der Waals surface area contributed by atoms with Gasteiger partial charge in [-0.3, -0.25) is 4.79 Å². The van der Waals surface area contributed by atoms with Crippen molar-refractivity contribution in [3.8, 4) is 11.5 Å². The van der Waals surface area contributed by atoms with Crippen LogP contribution in [0.5, 0.6) is 11.5 Å². The Morgan fingerprint density at radius 3 is 2.65 bits per heavy atom. The number of phenols is 1. The molecule has 0 radical (unpaired) electrons. The van der Waals surface area contributed by atoms with E-state index in [1.54, 1.807) is 18.2 Å². The van der Waals surface area contributed by atoms with E-state index in [2.05, 4.69) is 11.1 Å². The molecule has 1 aromatic heterocycles. The minimum Gasteiger partial charge on any atom is -0.504 e. The fourth-order valence-corrected chi connectivity index (χ4v) is 3.36. The molecule has 0 amide bonds. The third-order valence-electron chi connectivity index (χ3n) is 4.74. The first-order valence-electron chi connectivity index (χ1n) is 8.54. The van der Waals surface area contributed by atoms with Crippen molar-refractivity contribution in [2.24, 2.45) is 0 Å². The summed E-state index contributed by atoms with van der Waals surface area (Å²) in [6.45, 7) is 0. The summed E-state index contributed by atoms with van der Waals surface area (Å²) in [5, 5.41) is 10.8. The number of aromatic hydroxyl groups is 1. The molecule has 0 atom stereocenters. The van der Waals surface area contributed by atoms with Gasteiger partial charge in [0, 0.05) is 33.8 Å². The highest BCUT2D eigenvalue weighted by atomic mass is 16.5. The molecule has 1 saturated carbocycles. The van der Waals surface area contributed by atoms with Crippen molar-refractivity contribution >= 4 is 28.8 Å². The van der Waals surface area contributed by atoms with Gasteiger partial charge in [0.05, 0.1) is 7.11 Å². The molecule has 1 aliphatic carbocycles. The van der Waals surface area contributed by atoms with E-state index in [1.165, 1.54) is 7.11 Å². The Bertz CT molecular complexity index is 1060. The highest BCUT2D eigenvalue weighted by Crippen LogP contribution is 2.33. The molecule has 1 heterocycles. The average molecular weight is 345 g/mol. The number of para-hydroxylation sites is 1. The Morgan fingerprint density at radius 2 is 1.85 bits per heavy atom. The molecule has 0 aliphatic heterocycles. The van der Waals surface area contributed by atoms with Crippen molar-refractivity contribution in [2.75, 3.05) is 7.11 Å². The zero-order chi connectivity index (χ0) is 18.1. The molecule has 0 bridgehead atoms. The number of allylic oxidation sites excluding steroid dienone is 2. The van der Waals surface area contributed by atoms with E-state index in [0.29, 0.717) is 5.75 Å². The summed E-state index contributed by atoms with van der Waals surface area (Å²) < 4.78 is 5.13. The first kappa shape index (κ1) is 16.2. The first-order valence-corrected chi connectivity index (χ1v) is 8.54. The van der Waals surface area contributed by atoms with Crippen molar-refractivity contribution in [1.29, 1.82) is 0 Å². The molecule has 130 valence electrons. The number of H-pyrrole nitrogens is 1. The van der Waals surface area contributed by atoms with Crippen molar-refractivity contribution in [1.82, 2.24) is 4.98 Å². The van der Waals surface area contributed by atoms with Crippen LogP contribution in [0.4, 0.5) is 0 Å². The van der Waals surface area contributed by atoms with Crippen molar-refractivity contribution < 1.29 is 14.6 Å². The number of fused-ring (bicyclic) bond motifs is 1. The van der Waals surface area contributed by atoms with Gasteiger partial charge in [0.15, 0.2) is 17.3 Å². The van der Waals surface area contributed by atoms with E-state index in [0.717, 1.165) is 46.0 Å². The van der Waals surface area contributed by atoms with Gasteiger partial charge in [0.25, 0.3) is 0 Å². The summed E-state index contributed by atoms with van der Waals surface area (Å²) in [7, 11) is 1.51. The molecule has 0 spiro atoms. The van der Waals surface area contributed by atoms with E-state index in [9.17, 15) is 9.90 Å². The van der Waals surface area contributed by atoms with Crippen LogP contribution in [0.2, 0.25) is 0 Å². The maximum absolute atomic E-state index is 12.8. The van der Waals surface area contributed by atoms with Gasteiger partial charge < -0.3 is 14.8 Å². The smallest absolute Gasteiger partial charge is 0.185 e. The number of carbonyl (C=O) groups excluding carboxylic acids is 1. The molecule has 0 unspecified atom stereocenters. The number of carbonyl (C=O) groups is 1. The Morgan fingerprint density at radius 1 is 1.08 bits per heavy atom. The second-order valence-corrected chi connectivity index (χ2v) is 6.39. The standard InChI is InChI=1S/C22H19NO3/c1-26-21-11-14(6-9-20(21)24)10-15-7-8-16(22(15)25)12-17-13-23-19-5-3-2-4-18(17)19/h2-6,9-13,23-24H,7-8H2,1H3/b15-10-,16-12+. The topological polar surface area (TPSA) is 62.3 Å². The maximum atomic E-state index is 12.8. The molecule has 1 fully saturated rings. The van der Waals surface area contributed by atoms with Gasteiger partial charge in [-0.25, -0.2) is 0 Å². The van der Waals surface area contributed by atoms with Gasteiger partial charge in [-0.05, 0) is 48.8 Å². The monoisotopic (exact) mass is 345 g/mol. The van der Waals surface area contributed by atoms with E-state index < -0.39 is 0 Å². The predicted octanol–water partition coefficient (Wildman–Crippen LogP) is 4.71. The summed E-state index contributed by atoms with van der Waals surface area (Å²) in [5.74, 6) is 0.578. The predicted molar refractivity (Wildman–Crippen MR) is 103 cm³/mol. The van der Waals surface area contributed by atoms with Crippen LogP contribution in [0.25, 0.3) is 23.1 Å². The summed E-state index contributed by atoms with van der Waals surface area (Å²) in [6, 6.07) is 13.2. The zero-order valence-electron chi connectivity index (χ0n) is 14.5. The second kappa shape index (κ2) is 6.56. The van der Waals surface area contributed by atoms with Crippen LogP contribution in [-0.2, 0) is 4.79 Å². The minimum atomic E-state index is 0.0855. The molecule has 2 N–H and O–H groups in total. The van der Waals surface area contributed by atoms with Gasteiger partial charge in [0.2, 0.25) is 0 Å². The molecule has 4 rings (SSSR count). The van der Waals surface area contributed by atoms with Gasteiger partial charge in [-0.15, -0.1) is 0 Å². The van der Waals surface area contributed by atoms with Crippen LogP contribution >= 0.6 is 0 Å². The lowest BCUT2D eigenvalue weighted by Crippen LogP contribution is -1.95. The van der Waals surface area contributed by atoms with E-state index in [-0.39, 0.29) is 11.5 Å². The van der Waals surface area contributed by atoms with Crippen LogP contribution < -0.4 is 4.74 Å². The molecule has 1 aliphatic rings. The number of hydrogen-bond acceptors (Lipinski definition) is 3. The number of ketones is 1. The van der Waals surface area contributed by atoms with Crippen LogP contribution in [0, 0.1) is 0 Å². The zero-order valence-corrected chi connectivity index (χ0v) is 14.5. The molecule has 26 heavy (non-hydrogen) atoms. The van der Waals surface area contributed by atoms with E-state index >= 15 is 0 Å². The lowest BCUT2D eigenvalue weighted by Gasteiger charge is -2.04. The van der Waals surface area contributed by atoms with Gasteiger partial charge >= 0.3 is 0 Å². The number of nitrogens with one attached hydrogen (secondary N) is 1. The third kappa shape index (κ3) is 2.90. The number of methoxy groups -OCH3 is 1. The maximum Gasteiger partial charge on any atom is 0.185 e. The Labute approximate surface area is 151 Å². The van der Waals surface area contributed by atoms with Gasteiger partial charge in [-0.1, -0.05) is 24.3 Å². The number of rotatable bonds is 3. The number of aromatic nitrogens is 1. The van der Waals surface area contributed by atoms with E-state index in [1.807, 2.05) is 36.5 Å². The number of ether oxygens (including phenoxy) is 1. The van der Waals surface area contributed by atoms with E-state index in [4.69, 9.17) is 4.74 Å². The molecule has 3 aromatic rings. The summed E-state index contributed by atoms with van der Waals surface area (Å²) in [4.78, 5) is 16.0. The molecule has 4 heteroatoms. The van der Waals surface area contributed by atoms with Crippen molar-refractivity contribution in [3.05, 3.63) is 70.9 Å². The van der Waals surface area contributed by atoms with Gasteiger partial charge in [0.1, 0.15) is 0 Å². The van der Waals surface area contributed by atoms with Crippen LogP contribution in [0.1, 0.15) is 24.0 Å². The highest BCUT2D eigenvalue weighted by molar-refractivity contribution is 6.16. The molecule has 2 aromatic carbocycles. The van der Waals surface area contributed by atoms with Crippen LogP contribution in [0.15, 0.2) is 59.8 Å². The van der Waals surface area contributed by atoms with Gasteiger partial charge in [-0.2, -0.15) is 0 Å². The number of phenolic OH excluding ortho intramolecular Hbond substituents is 1. The summed E-state index contributed by atoms with van der Waals surface area (Å²) >= 11 is 0. The lowest BCUT2D eigenvalue weighted by molar-refractivity contribution is -0.111. The second-order valence-electron chi connectivity index (χ2n) is 6.39. The summed E-state index contributed by atoms with van der Waals surface area (Å²) in [6.07, 6.45) is 7.26. The third-order valence-corrected chi connectivity index (χ3v) is 4.74. The lowest BCUT2D eigenvalue weighted by atomic mass is 10.1. The number of benzene rings is 2. The molecular weight excluding hydrogens is 326 g/mol. The quantitative estimate of drug-likeness (QED) is 0.676. The summed E-state index contributed by atoms with van der Waals surface area (Å²) in [5.41, 5.74) is 4.56. The fourth-order valence-electron chi connectivity index (χ4n) is 3.36. The molecule has 4 nitrogen and oxygen atoms in total. The van der Waals surface area contributed by atoms with Crippen molar-refractivity contribution in [2.45, 2.75) is 12.8 Å². The largest absolute Gasteiger partial charge is 0.504 e. The molecular formula is C22H19NO3. The van der Waals surface area contributed by atoms with Crippen LogP contribution in [-0.4, -0.2) is 23.0 Å². The molecule has 0 saturated heterocycles. The Hall–Kier alpha value is -3.27.